The Morgan fingerprint density at radius 1 is 1.03 bits per heavy atom. The highest BCUT2D eigenvalue weighted by atomic mass is 35.5. The molecule has 3 aromatic rings. The Bertz CT molecular complexity index is 1160. The number of ether oxygens (including phenoxy) is 1. The summed E-state index contributed by atoms with van der Waals surface area (Å²) in [5.74, 6) is -0.594. The third kappa shape index (κ3) is 5.36. The molecular formula is C21H18Cl2N2O4S. The van der Waals surface area contributed by atoms with Crippen molar-refractivity contribution in [2.24, 2.45) is 0 Å². The SMILES string of the molecule is CC(C)c1ccc(OC(=O)c2nc(S(=O)(=O)Cc3ccc(Cl)cc3)ncc2Cl)cc1. The van der Waals surface area contributed by atoms with Gasteiger partial charge in [0.05, 0.1) is 17.0 Å². The van der Waals surface area contributed by atoms with E-state index in [4.69, 9.17) is 27.9 Å². The van der Waals surface area contributed by atoms with Crippen molar-refractivity contribution >= 4 is 39.0 Å². The fourth-order valence-corrected chi connectivity index (χ4v) is 4.08. The van der Waals surface area contributed by atoms with E-state index in [1.165, 1.54) is 0 Å². The van der Waals surface area contributed by atoms with Gasteiger partial charge in [0.25, 0.3) is 0 Å². The summed E-state index contributed by atoms with van der Waals surface area (Å²) >= 11 is 11.8. The fourth-order valence-electron chi connectivity index (χ4n) is 2.58. The monoisotopic (exact) mass is 464 g/mol. The second-order valence-electron chi connectivity index (χ2n) is 6.85. The van der Waals surface area contributed by atoms with Gasteiger partial charge in [-0.2, -0.15) is 0 Å². The van der Waals surface area contributed by atoms with Gasteiger partial charge in [-0.25, -0.2) is 23.2 Å². The predicted octanol–water partition coefficient (Wildman–Crippen LogP) is 5.10. The summed E-state index contributed by atoms with van der Waals surface area (Å²) in [4.78, 5) is 20.2. The van der Waals surface area contributed by atoms with Crippen LogP contribution >= 0.6 is 23.2 Å². The first-order valence-electron chi connectivity index (χ1n) is 8.97. The van der Waals surface area contributed by atoms with E-state index in [9.17, 15) is 13.2 Å². The van der Waals surface area contributed by atoms with Crippen LogP contribution in [0.25, 0.3) is 0 Å². The number of hydrogen-bond acceptors (Lipinski definition) is 6. The maximum atomic E-state index is 12.7. The molecule has 0 atom stereocenters. The standard InChI is InChI=1S/C21H18Cl2N2O4S/c1-13(2)15-5-9-17(10-6-15)29-20(26)19-18(23)11-24-21(25-19)30(27,28)12-14-3-7-16(22)8-4-14/h3-11,13H,12H2,1-2H3. The van der Waals surface area contributed by atoms with Crippen molar-refractivity contribution in [3.05, 3.63) is 81.6 Å². The normalized spacial score (nSPS) is 11.5. The smallest absolute Gasteiger partial charge is 0.364 e. The Balaban J connectivity index is 1.83. The molecule has 1 heterocycles. The number of carbonyl (C=O) groups excluding carboxylic acids is 1. The second-order valence-corrected chi connectivity index (χ2v) is 9.57. The average molecular weight is 465 g/mol. The van der Waals surface area contributed by atoms with Crippen LogP contribution in [0.5, 0.6) is 5.75 Å². The molecule has 0 aliphatic heterocycles. The van der Waals surface area contributed by atoms with E-state index >= 15 is 0 Å². The van der Waals surface area contributed by atoms with E-state index in [1.807, 2.05) is 26.0 Å². The van der Waals surface area contributed by atoms with E-state index in [0.29, 0.717) is 22.3 Å². The van der Waals surface area contributed by atoms with Crippen molar-refractivity contribution in [1.82, 2.24) is 9.97 Å². The molecule has 0 unspecified atom stereocenters. The van der Waals surface area contributed by atoms with Gasteiger partial charge in [0.2, 0.25) is 15.0 Å². The third-order valence-electron chi connectivity index (χ3n) is 4.22. The average Bonchev–Trinajstić information content (AvgIpc) is 2.70. The van der Waals surface area contributed by atoms with Crippen molar-refractivity contribution in [2.45, 2.75) is 30.7 Å². The highest BCUT2D eigenvalue weighted by Gasteiger charge is 2.24. The van der Waals surface area contributed by atoms with Crippen molar-refractivity contribution in [2.75, 3.05) is 0 Å². The van der Waals surface area contributed by atoms with Gasteiger partial charge in [0.15, 0.2) is 5.69 Å². The lowest BCUT2D eigenvalue weighted by molar-refractivity contribution is 0.0727. The van der Waals surface area contributed by atoms with E-state index in [0.717, 1.165) is 11.8 Å². The van der Waals surface area contributed by atoms with E-state index in [1.54, 1.807) is 36.4 Å². The molecule has 0 radical (unpaired) electrons. The van der Waals surface area contributed by atoms with Crippen LogP contribution < -0.4 is 4.74 Å². The second kappa shape index (κ2) is 9.12. The van der Waals surface area contributed by atoms with Crippen LogP contribution in [0.1, 0.15) is 41.4 Å². The lowest BCUT2D eigenvalue weighted by Gasteiger charge is -2.09. The maximum Gasteiger partial charge on any atom is 0.364 e. The largest absolute Gasteiger partial charge is 0.422 e. The molecule has 3 rings (SSSR count). The Kier molecular flexibility index (Phi) is 6.75. The van der Waals surface area contributed by atoms with Gasteiger partial charge >= 0.3 is 5.97 Å². The summed E-state index contributed by atoms with van der Waals surface area (Å²) in [5.41, 5.74) is 1.27. The number of carbonyl (C=O) groups is 1. The Morgan fingerprint density at radius 3 is 2.27 bits per heavy atom. The van der Waals surface area contributed by atoms with Gasteiger partial charge in [-0.05, 0) is 41.3 Å². The van der Waals surface area contributed by atoms with Crippen LogP contribution in [0.4, 0.5) is 0 Å². The van der Waals surface area contributed by atoms with Crippen LogP contribution in [-0.4, -0.2) is 24.4 Å². The maximum absolute atomic E-state index is 12.7. The van der Waals surface area contributed by atoms with E-state index in [2.05, 4.69) is 9.97 Å². The molecule has 0 aliphatic rings. The molecule has 0 amide bonds. The van der Waals surface area contributed by atoms with Crippen molar-refractivity contribution in [3.63, 3.8) is 0 Å². The van der Waals surface area contributed by atoms with Gasteiger partial charge in [0, 0.05) is 5.02 Å². The molecule has 0 spiro atoms. The van der Waals surface area contributed by atoms with Crippen LogP contribution in [-0.2, 0) is 15.6 Å². The number of sulfone groups is 1. The summed E-state index contributed by atoms with van der Waals surface area (Å²) in [7, 11) is -3.92. The number of nitrogens with zero attached hydrogens (tertiary/aromatic N) is 2. The molecular weight excluding hydrogens is 447 g/mol. The molecule has 0 aliphatic carbocycles. The Morgan fingerprint density at radius 2 is 1.67 bits per heavy atom. The first kappa shape index (κ1) is 22.2. The molecule has 0 saturated heterocycles. The van der Waals surface area contributed by atoms with Crippen molar-refractivity contribution in [3.8, 4) is 5.75 Å². The highest BCUT2D eigenvalue weighted by molar-refractivity contribution is 7.90. The molecule has 30 heavy (non-hydrogen) atoms. The minimum Gasteiger partial charge on any atom is -0.422 e. The highest BCUT2D eigenvalue weighted by Crippen LogP contribution is 2.22. The zero-order valence-electron chi connectivity index (χ0n) is 16.2. The summed E-state index contributed by atoms with van der Waals surface area (Å²) in [5, 5.41) is -0.126. The molecule has 0 bridgehead atoms. The predicted molar refractivity (Wildman–Crippen MR) is 115 cm³/mol. The first-order valence-corrected chi connectivity index (χ1v) is 11.4. The number of halogens is 2. The van der Waals surface area contributed by atoms with Gasteiger partial charge in [-0.3, -0.25) is 0 Å². The Hall–Kier alpha value is -2.48. The molecule has 156 valence electrons. The molecule has 2 aromatic carbocycles. The van der Waals surface area contributed by atoms with Gasteiger partial charge in [-0.1, -0.05) is 61.3 Å². The zero-order chi connectivity index (χ0) is 21.9. The van der Waals surface area contributed by atoms with Gasteiger partial charge in [0.1, 0.15) is 5.75 Å². The molecule has 1 aromatic heterocycles. The van der Waals surface area contributed by atoms with Crippen LogP contribution in [0.15, 0.2) is 59.9 Å². The summed E-state index contributed by atoms with van der Waals surface area (Å²) in [6.45, 7) is 4.10. The quantitative estimate of drug-likeness (QED) is 0.286. The van der Waals surface area contributed by atoms with Crippen molar-refractivity contribution < 1.29 is 17.9 Å². The molecule has 0 N–H and O–H groups in total. The Labute approximate surface area is 184 Å². The number of esters is 1. The van der Waals surface area contributed by atoms with Crippen LogP contribution in [0.3, 0.4) is 0 Å². The number of benzene rings is 2. The zero-order valence-corrected chi connectivity index (χ0v) is 18.5. The van der Waals surface area contributed by atoms with E-state index < -0.39 is 21.0 Å². The van der Waals surface area contributed by atoms with Crippen LogP contribution in [0.2, 0.25) is 10.0 Å². The minimum atomic E-state index is -3.92. The molecule has 9 heteroatoms. The van der Waals surface area contributed by atoms with Crippen LogP contribution in [0, 0.1) is 0 Å². The van der Waals surface area contributed by atoms with Gasteiger partial charge < -0.3 is 4.74 Å². The fraction of sp³-hybridized carbons (Fsp3) is 0.190. The summed E-state index contributed by atoms with van der Waals surface area (Å²) in [6.07, 6.45) is 1.07. The number of hydrogen-bond donors (Lipinski definition) is 0. The van der Waals surface area contributed by atoms with E-state index in [-0.39, 0.29) is 16.5 Å². The number of rotatable bonds is 6. The topological polar surface area (TPSA) is 86.2 Å². The number of aromatic nitrogens is 2. The van der Waals surface area contributed by atoms with Crippen molar-refractivity contribution in [1.29, 1.82) is 0 Å². The first-order chi connectivity index (χ1) is 14.2. The minimum absolute atomic E-state index is 0.107. The lowest BCUT2D eigenvalue weighted by atomic mass is 10.0. The molecule has 6 nitrogen and oxygen atoms in total. The lowest BCUT2D eigenvalue weighted by Crippen LogP contribution is -2.16. The van der Waals surface area contributed by atoms with Gasteiger partial charge in [-0.15, -0.1) is 0 Å². The summed E-state index contributed by atoms with van der Waals surface area (Å²) < 4.78 is 30.7. The molecule has 0 fully saturated rings. The molecule has 0 saturated carbocycles. The summed E-state index contributed by atoms with van der Waals surface area (Å²) in [6, 6.07) is 13.3. The third-order valence-corrected chi connectivity index (χ3v) is 6.22.